The van der Waals surface area contributed by atoms with Crippen molar-refractivity contribution in [2.24, 2.45) is 10.1 Å². The molecule has 11 heteroatoms. The van der Waals surface area contributed by atoms with Crippen molar-refractivity contribution in [2.45, 2.75) is 44.5 Å². The fourth-order valence-electron chi connectivity index (χ4n) is 4.60. The summed E-state index contributed by atoms with van der Waals surface area (Å²) in [5, 5.41) is 12.7. The SMILES string of the molecule is COc1ccccc1CNNC(=O)[C@@]1(Cc2ccccc2CN=[N+]=[N-])N=C(c2ccc(OCCCO)cc2)O[C@H]1C. The van der Waals surface area contributed by atoms with E-state index in [1.165, 1.54) is 0 Å². The second-order valence-corrected chi connectivity index (χ2v) is 9.51. The van der Waals surface area contributed by atoms with Crippen LogP contribution in [0.25, 0.3) is 10.4 Å². The van der Waals surface area contributed by atoms with Gasteiger partial charge in [0, 0.05) is 42.0 Å². The molecular formula is C30H34N6O5. The van der Waals surface area contributed by atoms with Crippen LogP contribution in [0.5, 0.6) is 11.5 Å². The predicted molar refractivity (Wildman–Crippen MR) is 154 cm³/mol. The van der Waals surface area contributed by atoms with Crippen molar-refractivity contribution in [2.75, 3.05) is 20.3 Å². The molecule has 0 aromatic heterocycles. The number of hydrogen-bond donors (Lipinski definition) is 3. The van der Waals surface area contributed by atoms with E-state index in [2.05, 4.69) is 20.9 Å². The number of aliphatic hydroxyl groups is 1. The highest BCUT2D eigenvalue weighted by Gasteiger charge is 2.50. The van der Waals surface area contributed by atoms with Gasteiger partial charge < -0.3 is 19.3 Å². The van der Waals surface area contributed by atoms with E-state index >= 15 is 0 Å². The number of azide groups is 1. The van der Waals surface area contributed by atoms with Crippen LogP contribution in [0.2, 0.25) is 0 Å². The number of amides is 1. The van der Waals surface area contributed by atoms with Gasteiger partial charge in [-0.1, -0.05) is 47.6 Å². The minimum Gasteiger partial charge on any atom is -0.496 e. The summed E-state index contributed by atoms with van der Waals surface area (Å²) in [7, 11) is 1.60. The Hall–Kier alpha value is -4.57. The van der Waals surface area contributed by atoms with E-state index in [9.17, 15) is 4.79 Å². The van der Waals surface area contributed by atoms with Crippen LogP contribution in [0.4, 0.5) is 0 Å². The lowest BCUT2D eigenvalue weighted by molar-refractivity contribution is -0.129. The number of para-hydroxylation sites is 1. The molecule has 0 unspecified atom stereocenters. The zero-order chi connectivity index (χ0) is 29.1. The number of aliphatic imine (C=N–C) groups is 1. The molecule has 0 saturated carbocycles. The fraction of sp³-hybridized carbons (Fsp3) is 0.333. The number of hydrogen-bond acceptors (Lipinski definition) is 8. The molecule has 3 N–H and O–H groups in total. The number of aliphatic hydroxyl groups excluding tert-OH is 1. The second kappa shape index (κ2) is 14.2. The van der Waals surface area contributed by atoms with Crippen LogP contribution < -0.4 is 20.3 Å². The number of carbonyl (C=O) groups is 1. The van der Waals surface area contributed by atoms with E-state index in [-0.39, 0.29) is 25.5 Å². The Morgan fingerprint density at radius 3 is 2.51 bits per heavy atom. The van der Waals surface area contributed by atoms with E-state index in [0.717, 1.165) is 16.7 Å². The van der Waals surface area contributed by atoms with E-state index < -0.39 is 11.6 Å². The van der Waals surface area contributed by atoms with E-state index in [1.807, 2.05) is 67.6 Å². The number of carbonyl (C=O) groups excluding carboxylic acids is 1. The minimum atomic E-state index is -1.31. The molecule has 1 aliphatic rings. The molecule has 214 valence electrons. The lowest BCUT2D eigenvalue weighted by atomic mass is 9.84. The summed E-state index contributed by atoms with van der Waals surface area (Å²) in [5.41, 5.74) is 16.6. The average molecular weight is 559 g/mol. The van der Waals surface area contributed by atoms with Crippen molar-refractivity contribution in [3.05, 3.63) is 105 Å². The highest BCUT2D eigenvalue weighted by molar-refractivity contribution is 6.00. The third kappa shape index (κ3) is 7.15. The number of nitrogens with one attached hydrogen (secondary N) is 2. The first kappa shape index (κ1) is 29.4. The Labute approximate surface area is 238 Å². The first-order valence-electron chi connectivity index (χ1n) is 13.3. The Morgan fingerprint density at radius 1 is 1.10 bits per heavy atom. The maximum Gasteiger partial charge on any atom is 0.266 e. The number of ether oxygens (including phenoxy) is 3. The van der Waals surface area contributed by atoms with Gasteiger partial charge in [-0.3, -0.25) is 10.2 Å². The van der Waals surface area contributed by atoms with Gasteiger partial charge in [-0.2, -0.15) is 0 Å². The molecule has 1 heterocycles. The molecule has 0 bridgehead atoms. The summed E-state index contributed by atoms with van der Waals surface area (Å²) in [6.07, 6.45) is 0.150. The molecular weight excluding hydrogens is 524 g/mol. The van der Waals surface area contributed by atoms with Gasteiger partial charge in [0.05, 0.1) is 20.3 Å². The van der Waals surface area contributed by atoms with Gasteiger partial charge in [0.15, 0.2) is 5.54 Å². The van der Waals surface area contributed by atoms with Crippen LogP contribution in [-0.2, 0) is 29.0 Å². The van der Waals surface area contributed by atoms with Crippen LogP contribution in [0, 0.1) is 0 Å². The molecule has 0 aliphatic carbocycles. The highest BCUT2D eigenvalue weighted by atomic mass is 16.5. The van der Waals surface area contributed by atoms with Crippen molar-refractivity contribution < 1.29 is 24.1 Å². The van der Waals surface area contributed by atoms with Crippen LogP contribution in [0.15, 0.2) is 82.9 Å². The molecule has 0 fully saturated rings. The van der Waals surface area contributed by atoms with Gasteiger partial charge in [0.25, 0.3) is 5.91 Å². The maximum absolute atomic E-state index is 13.9. The van der Waals surface area contributed by atoms with Crippen LogP contribution in [0.3, 0.4) is 0 Å². The molecule has 11 nitrogen and oxygen atoms in total. The van der Waals surface area contributed by atoms with E-state index in [1.54, 1.807) is 19.2 Å². The molecule has 0 saturated heterocycles. The molecule has 0 radical (unpaired) electrons. The van der Waals surface area contributed by atoms with Crippen molar-refractivity contribution in [3.63, 3.8) is 0 Å². The van der Waals surface area contributed by atoms with Crippen molar-refractivity contribution in [1.82, 2.24) is 10.9 Å². The number of methoxy groups -OCH3 is 1. The summed E-state index contributed by atoms with van der Waals surface area (Å²) in [4.78, 5) is 21.7. The number of hydrazine groups is 1. The zero-order valence-corrected chi connectivity index (χ0v) is 23.1. The first-order valence-corrected chi connectivity index (χ1v) is 13.3. The quantitative estimate of drug-likeness (QED) is 0.0886. The number of rotatable bonds is 14. The molecule has 2 atom stereocenters. The molecule has 4 rings (SSSR count). The Morgan fingerprint density at radius 2 is 1.80 bits per heavy atom. The van der Waals surface area contributed by atoms with Crippen LogP contribution in [0.1, 0.15) is 35.6 Å². The molecule has 1 amide bonds. The Bertz CT molecular complexity index is 1410. The molecule has 3 aromatic carbocycles. The van der Waals surface area contributed by atoms with Gasteiger partial charge in [-0.15, -0.1) is 0 Å². The predicted octanol–water partition coefficient (Wildman–Crippen LogP) is 4.23. The number of benzene rings is 3. The minimum absolute atomic E-state index is 0.0600. The monoisotopic (exact) mass is 558 g/mol. The summed E-state index contributed by atoms with van der Waals surface area (Å²) in [5.74, 6) is 1.34. The van der Waals surface area contributed by atoms with Crippen molar-refractivity contribution in [1.29, 1.82) is 0 Å². The summed E-state index contributed by atoms with van der Waals surface area (Å²) >= 11 is 0. The van der Waals surface area contributed by atoms with Crippen molar-refractivity contribution >= 4 is 11.8 Å². The third-order valence-corrected chi connectivity index (χ3v) is 6.88. The van der Waals surface area contributed by atoms with Gasteiger partial charge >= 0.3 is 0 Å². The van der Waals surface area contributed by atoms with Gasteiger partial charge in [0.2, 0.25) is 5.90 Å². The lowest BCUT2D eigenvalue weighted by Gasteiger charge is -2.29. The van der Waals surface area contributed by atoms with Gasteiger partial charge in [0.1, 0.15) is 17.6 Å². The summed E-state index contributed by atoms with van der Waals surface area (Å²) in [6, 6.07) is 22.3. The van der Waals surface area contributed by atoms with E-state index in [0.29, 0.717) is 42.5 Å². The molecule has 1 aliphatic heterocycles. The van der Waals surface area contributed by atoms with Gasteiger partial charge in [-0.25, -0.2) is 10.4 Å². The zero-order valence-electron chi connectivity index (χ0n) is 23.1. The third-order valence-electron chi connectivity index (χ3n) is 6.88. The highest BCUT2D eigenvalue weighted by Crippen LogP contribution is 2.34. The number of nitrogens with zero attached hydrogens (tertiary/aromatic N) is 4. The fourth-order valence-corrected chi connectivity index (χ4v) is 4.60. The molecule has 0 spiro atoms. The summed E-state index contributed by atoms with van der Waals surface area (Å²) < 4.78 is 17.2. The summed E-state index contributed by atoms with van der Waals surface area (Å²) in [6.45, 7) is 2.77. The van der Waals surface area contributed by atoms with Crippen LogP contribution >= 0.6 is 0 Å². The second-order valence-electron chi connectivity index (χ2n) is 9.51. The largest absolute Gasteiger partial charge is 0.496 e. The smallest absolute Gasteiger partial charge is 0.266 e. The first-order chi connectivity index (χ1) is 20.0. The van der Waals surface area contributed by atoms with E-state index in [4.69, 9.17) is 29.8 Å². The van der Waals surface area contributed by atoms with Crippen LogP contribution in [-0.4, -0.2) is 48.9 Å². The van der Waals surface area contributed by atoms with Gasteiger partial charge in [-0.05, 0) is 53.9 Å². The standard InChI is InChI=1S/C30H34N6O5/c1-21-30(18-23-8-3-4-9-24(23)19-33-36-31,29(38)35-32-20-25-10-5-6-11-27(25)39-2)34-28(41-21)22-12-14-26(15-13-22)40-17-7-16-37/h3-6,8-15,21,32,37H,7,16-20H2,1-2H3,(H,35,38)/t21-,30-/m0/s1. The lowest BCUT2D eigenvalue weighted by Crippen LogP contribution is -2.55. The molecule has 3 aromatic rings. The molecule has 41 heavy (non-hydrogen) atoms. The maximum atomic E-state index is 13.9. The normalized spacial score (nSPS) is 17.6. The topological polar surface area (TPSA) is 150 Å². The Balaban J connectivity index is 1.62. The van der Waals surface area contributed by atoms with Crippen molar-refractivity contribution in [3.8, 4) is 11.5 Å². The Kier molecular flexibility index (Phi) is 10.2. The average Bonchev–Trinajstić information content (AvgIpc) is 3.34.